The molecule has 5 aliphatic rings. The molecule has 16 heteroatoms. The molecule has 7 atom stereocenters. The number of hydrogen-bond acceptors (Lipinski definition) is 11. The second-order valence-electron chi connectivity index (χ2n) is 15.4. The van der Waals surface area contributed by atoms with Crippen molar-refractivity contribution < 1.29 is 49.1 Å². The van der Waals surface area contributed by atoms with E-state index < -0.39 is 64.6 Å². The summed E-state index contributed by atoms with van der Waals surface area (Å²) in [6.07, 6.45) is 11.6. The number of amides is 1. The predicted molar refractivity (Wildman–Crippen MR) is 175 cm³/mol. The summed E-state index contributed by atoms with van der Waals surface area (Å²) in [5.74, 6) is -6.66. The van der Waals surface area contributed by atoms with Gasteiger partial charge in [0.1, 0.15) is 5.92 Å². The number of carboxylic acids is 2. The van der Waals surface area contributed by atoms with Crippen molar-refractivity contribution in [1.29, 1.82) is 0 Å². The van der Waals surface area contributed by atoms with E-state index in [1.165, 1.54) is 0 Å². The molecular formula is C34H54N4O12. The van der Waals surface area contributed by atoms with Crippen molar-refractivity contribution in [1.82, 2.24) is 10.8 Å². The van der Waals surface area contributed by atoms with Crippen molar-refractivity contribution in [2.45, 2.75) is 164 Å². The average Bonchev–Trinajstić information content (AvgIpc) is 3.10. The molecule has 282 valence electrons. The van der Waals surface area contributed by atoms with E-state index in [9.17, 15) is 50.0 Å². The van der Waals surface area contributed by atoms with Crippen LogP contribution in [0.4, 0.5) is 0 Å². The van der Waals surface area contributed by atoms with Gasteiger partial charge in [0, 0.05) is 34.8 Å². The van der Waals surface area contributed by atoms with Crippen LogP contribution in [0.25, 0.3) is 0 Å². The Labute approximate surface area is 291 Å². The molecular weight excluding hydrogens is 656 g/mol. The van der Waals surface area contributed by atoms with Crippen LogP contribution in [0.5, 0.6) is 0 Å². The number of carboxylic acid groups (broad SMARTS) is 2. The molecule has 0 heterocycles. The van der Waals surface area contributed by atoms with Gasteiger partial charge in [-0.25, -0.2) is 5.48 Å². The molecule has 1 amide bonds. The number of nitrogens with zero attached hydrogens (tertiary/aromatic N) is 2. The van der Waals surface area contributed by atoms with Gasteiger partial charge in [0.15, 0.2) is 0 Å². The highest BCUT2D eigenvalue weighted by Crippen LogP contribution is 2.41. The van der Waals surface area contributed by atoms with Gasteiger partial charge in [-0.15, -0.1) is 0 Å². The molecule has 0 radical (unpaired) electrons. The summed E-state index contributed by atoms with van der Waals surface area (Å²) in [6.45, 7) is 0. The minimum atomic E-state index is -1.18. The van der Waals surface area contributed by atoms with Crippen LogP contribution in [0.2, 0.25) is 0 Å². The van der Waals surface area contributed by atoms with Crippen LogP contribution in [-0.2, 0) is 23.9 Å². The number of ether oxygens (including phenoxy) is 2. The lowest BCUT2D eigenvalue weighted by Gasteiger charge is -2.42. The molecule has 0 aromatic rings. The van der Waals surface area contributed by atoms with Crippen molar-refractivity contribution in [3.63, 3.8) is 0 Å². The zero-order valence-corrected chi connectivity index (χ0v) is 28.6. The fraction of sp³-hybridized carbons (Fsp3) is 0.912. The molecule has 0 aromatic heterocycles. The van der Waals surface area contributed by atoms with E-state index in [4.69, 9.17) is 9.47 Å². The summed E-state index contributed by atoms with van der Waals surface area (Å²) < 4.78 is 12.9. The highest BCUT2D eigenvalue weighted by atomic mass is 16.6. The van der Waals surface area contributed by atoms with E-state index in [1.54, 1.807) is 0 Å². The molecule has 5 aliphatic carbocycles. The SMILES string of the molecule is O=C(O)C1CCCC([N+](=O)[O-])C1C(=O)NC1CCC(OC2CCC(OC3CCC(C(NO)C4C(C(=O)O)CCCC4[N+](=O)[O-])CC3)CC2)CC1. The Hall–Kier alpha value is -2.95. The second-order valence-corrected chi connectivity index (χ2v) is 15.4. The van der Waals surface area contributed by atoms with Gasteiger partial charge in [-0.2, -0.15) is 0 Å². The van der Waals surface area contributed by atoms with Crippen molar-refractivity contribution in [3.8, 4) is 0 Å². The zero-order chi connectivity index (χ0) is 35.9. The number of aliphatic carboxylic acids is 2. The molecule has 0 aromatic carbocycles. The lowest BCUT2D eigenvalue weighted by Crippen LogP contribution is -2.54. The smallest absolute Gasteiger partial charge is 0.307 e. The molecule has 0 aliphatic heterocycles. The lowest BCUT2D eigenvalue weighted by molar-refractivity contribution is -0.539. The maximum absolute atomic E-state index is 13.1. The number of hydrogen-bond donors (Lipinski definition) is 5. The summed E-state index contributed by atoms with van der Waals surface area (Å²) in [6, 6.07) is -3.00. The van der Waals surface area contributed by atoms with Gasteiger partial charge in [0.25, 0.3) is 0 Å². The van der Waals surface area contributed by atoms with Crippen LogP contribution >= 0.6 is 0 Å². The van der Waals surface area contributed by atoms with Crippen LogP contribution in [0.3, 0.4) is 0 Å². The molecule has 0 spiro atoms. The fourth-order valence-electron chi connectivity index (χ4n) is 9.85. The van der Waals surface area contributed by atoms with Crippen molar-refractivity contribution in [2.75, 3.05) is 0 Å². The minimum absolute atomic E-state index is 0.0477. The summed E-state index contributed by atoms with van der Waals surface area (Å²) in [5.41, 5.74) is 2.30. The van der Waals surface area contributed by atoms with E-state index in [1.807, 2.05) is 0 Å². The largest absolute Gasteiger partial charge is 0.481 e. The van der Waals surface area contributed by atoms with Gasteiger partial charge in [0.05, 0.1) is 42.2 Å². The second kappa shape index (κ2) is 17.5. The molecule has 16 nitrogen and oxygen atoms in total. The third-order valence-electron chi connectivity index (χ3n) is 12.5. The zero-order valence-electron chi connectivity index (χ0n) is 28.6. The third-order valence-corrected chi connectivity index (χ3v) is 12.5. The number of nitro groups is 2. The summed E-state index contributed by atoms with van der Waals surface area (Å²) >= 11 is 0. The van der Waals surface area contributed by atoms with E-state index in [2.05, 4.69) is 10.8 Å². The molecule has 0 saturated heterocycles. The summed E-state index contributed by atoms with van der Waals surface area (Å²) in [7, 11) is 0. The van der Waals surface area contributed by atoms with Crippen LogP contribution in [0.15, 0.2) is 0 Å². The van der Waals surface area contributed by atoms with Crippen LogP contribution in [0, 0.1) is 49.8 Å². The Morgan fingerprint density at radius 2 is 1.06 bits per heavy atom. The Bertz CT molecular complexity index is 1150. The van der Waals surface area contributed by atoms with Gasteiger partial charge in [-0.05, 0) is 109 Å². The van der Waals surface area contributed by atoms with E-state index in [0.29, 0.717) is 51.4 Å². The standard InChI is InChI=1S/C34H54N4O12/c39-32(30-26(34(42)43)4-2-6-28(30)38(47)48)35-20-9-13-22(14-10-20)50-24-17-15-23(16-18-24)49-21-11-7-19(8-12-21)31(36-44)29-25(33(40)41)3-1-5-27(29)37(45)46/h19-31,36,44H,1-18H2,(H,35,39)(H,40,41)(H,42,43). The minimum Gasteiger partial charge on any atom is -0.481 e. The van der Waals surface area contributed by atoms with E-state index in [-0.39, 0.29) is 54.1 Å². The first-order valence-electron chi connectivity index (χ1n) is 18.7. The van der Waals surface area contributed by atoms with Gasteiger partial charge in [-0.3, -0.25) is 34.6 Å². The average molecular weight is 711 g/mol. The summed E-state index contributed by atoms with van der Waals surface area (Å²) in [5, 5.41) is 55.8. The topological polar surface area (TPSA) is 241 Å². The first-order valence-corrected chi connectivity index (χ1v) is 18.7. The number of nitrogens with one attached hydrogen (secondary N) is 2. The molecule has 5 fully saturated rings. The van der Waals surface area contributed by atoms with E-state index >= 15 is 0 Å². The van der Waals surface area contributed by atoms with Gasteiger partial charge in [-0.1, -0.05) is 0 Å². The Morgan fingerprint density at radius 3 is 1.52 bits per heavy atom. The van der Waals surface area contributed by atoms with E-state index in [0.717, 1.165) is 51.4 Å². The maximum Gasteiger partial charge on any atom is 0.307 e. The fourth-order valence-corrected chi connectivity index (χ4v) is 9.85. The van der Waals surface area contributed by atoms with Crippen LogP contribution in [-0.4, -0.2) is 91.7 Å². The predicted octanol–water partition coefficient (Wildman–Crippen LogP) is 3.96. The molecule has 5 saturated carbocycles. The first-order chi connectivity index (χ1) is 24.0. The van der Waals surface area contributed by atoms with Gasteiger partial charge < -0.3 is 30.2 Å². The molecule has 50 heavy (non-hydrogen) atoms. The maximum atomic E-state index is 13.1. The summed E-state index contributed by atoms with van der Waals surface area (Å²) in [4.78, 5) is 59.4. The number of carbonyl (C=O) groups is 3. The van der Waals surface area contributed by atoms with Crippen LogP contribution in [0.1, 0.15) is 116 Å². The number of carbonyl (C=O) groups excluding carboxylic acids is 1. The van der Waals surface area contributed by atoms with Crippen molar-refractivity contribution in [3.05, 3.63) is 20.2 Å². The number of rotatable bonds is 13. The van der Waals surface area contributed by atoms with Gasteiger partial charge >= 0.3 is 11.9 Å². The molecule has 7 unspecified atom stereocenters. The normalized spacial score (nSPS) is 38.7. The van der Waals surface area contributed by atoms with Crippen molar-refractivity contribution >= 4 is 17.8 Å². The highest BCUT2D eigenvalue weighted by molar-refractivity contribution is 5.85. The molecule has 0 bridgehead atoms. The quantitative estimate of drug-likeness (QED) is 0.134. The molecule has 5 N–H and O–H groups in total. The van der Waals surface area contributed by atoms with Gasteiger partial charge in [0.2, 0.25) is 18.0 Å². The molecule has 5 rings (SSSR count). The third kappa shape index (κ3) is 9.28. The lowest BCUT2D eigenvalue weighted by atomic mass is 9.67. The Kier molecular flexibility index (Phi) is 13.4. The first kappa shape index (κ1) is 38.3. The van der Waals surface area contributed by atoms with Crippen molar-refractivity contribution in [2.24, 2.45) is 29.6 Å². The monoisotopic (exact) mass is 710 g/mol. The highest BCUT2D eigenvalue weighted by Gasteiger charge is 2.51. The van der Waals surface area contributed by atoms with Crippen LogP contribution < -0.4 is 10.8 Å². The number of hydroxylamine groups is 1. The Morgan fingerprint density at radius 1 is 0.620 bits per heavy atom. The Balaban J connectivity index is 1.01.